The van der Waals surface area contributed by atoms with Crippen molar-refractivity contribution in [1.82, 2.24) is 4.98 Å². The maximum Gasteiger partial charge on any atom is 0.171 e. The van der Waals surface area contributed by atoms with Crippen molar-refractivity contribution in [2.45, 2.75) is 16.8 Å². The largest absolute Gasteiger partial charge is 0.409 e. The molecule has 0 radical (unpaired) electrons. The Morgan fingerprint density at radius 3 is 2.89 bits per heavy atom. The molecule has 19 heavy (non-hydrogen) atoms. The van der Waals surface area contributed by atoms with Crippen LogP contribution >= 0.6 is 23.4 Å². The molecule has 0 saturated heterocycles. The fourth-order valence-electron chi connectivity index (χ4n) is 1.53. The number of pyridine rings is 1. The molecule has 6 heteroatoms. The third-order valence-electron chi connectivity index (χ3n) is 2.45. The van der Waals surface area contributed by atoms with E-state index in [1.165, 1.54) is 11.8 Å². The highest BCUT2D eigenvalue weighted by Gasteiger charge is 2.11. The lowest BCUT2D eigenvalue weighted by atomic mass is 10.1. The van der Waals surface area contributed by atoms with E-state index in [9.17, 15) is 0 Å². The lowest BCUT2D eigenvalue weighted by Crippen LogP contribution is -2.14. The van der Waals surface area contributed by atoms with Crippen molar-refractivity contribution in [2.75, 3.05) is 0 Å². The van der Waals surface area contributed by atoms with Crippen molar-refractivity contribution in [3.63, 3.8) is 0 Å². The van der Waals surface area contributed by atoms with Gasteiger partial charge in [0.25, 0.3) is 0 Å². The van der Waals surface area contributed by atoms with E-state index in [1.54, 1.807) is 18.3 Å². The number of oxime groups is 1. The van der Waals surface area contributed by atoms with Crippen LogP contribution in [0.3, 0.4) is 0 Å². The molecule has 0 unspecified atom stereocenters. The topological polar surface area (TPSA) is 71.5 Å². The molecule has 0 aliphatic heterocycles. The van der Waals surface area contributed by atoms with E-state index in [1.807, 2.05) is 25.1 Å². The minimum absolute atomic E-state index is 0.0644. The van der Waals surface area contributed by atoms with Crippen LogP contribution in [0.1, 0.15) is 11.1 Å². The maximum atomic E-state index is 8.81. The smallest absolute Gasteiger partial charge is 0.171 e. The van der Waals surface area contributed by atoms with Crippen LogP contribution in [0.2, 0.25) is 5.02 Å². The Morgan fingerprint density at radius 2 is 2.21 bits per heavy atom. The highest BCUT2D eigenvalue weighted by Crippen LogP contribution is 2.33. The molecule has 0 aliphatic rings. The van der Waals surface area contributed by atoms with Crippen molar-refractivity contribution in [2.24, 2.45) is 10.9 Å². The molecule has 1 heterocycles. The number of benzene rings is 1. The van der Waals surface area contributed by atoms with Crippen molar-refractivity contribution in [3.05, 3.63) is 52.7 Å². The molecule has 0 bridgehead atoms. The highest BCUT2D eigenvalue weighted by atomic mass is 35.5. The van der Waals surface area contributed by atoms with Gasteiger partial charge in [0.2, 0.25) is 0 Å². The van der Waals surface area contributed by atoms with Crippen LogP contribution in [-0.2, 0) is 0 Å². The lowest BCUT2D eigenvalue weighted by molar-refractivity contribution is 0.318. The van der Waals surface area contributed by atoms with Crippen LogP contribution in [0.25, 0.3) is 0 Å². The van der Waals surface area contributed by atoms with E-state index in [-0.39, 0.29) is 5.84 Å². The van der Waals surface area contributed by atoms with Crippen molar-refractivity contribution in [3.8, 4) is 0 Å². The van der Waals surface area contributed by atoms with Gasteiger partial charge in [-0.05, 0) is 36.8 Å². The molecule has 2 aromatic rings. The maximum absolute atomic E-state index is 8.81. The summed E-state index contributed by atoms with van der Waals surface area (Å²) in [5.41, 5.74) is 7.40. The summed E-state index contributed by atoms with van der Waals surface area (Å²) < 4.78 is 0. The van der Waals surface area contributed by atoms with Gasteiger partial charge < -0.3 is 10.9 Å². The monoisotopic (exact) mass is 293 g/mol. The zero-order valence-electron chi connectivity index (χ0n) is 10.2. The number of amidine groups is 1. The molecule has 0 aliphatic carbocycles. The van der Waals surface area contributed by atoms with Crippen LogP contribution in [-0.4, -0.2) is 16.0 Å². The molecule has 2 rings (SSSR count). The Balaban J connectivity index is 2.44. The molecule has 0 saturated carbocycles. The van der Waals surface area contributed by atoms with Gasteiger partial charge in [-0.15, -0.1) is 0 Å². The first-order chi connectivity index (χ1) is 9.11. The molecular formula is C13H12ClN3OS. The first kappa shape index (κ1) is 13.7. The van der Waals surface area contributed by atoms with Gasteiger partial charge in [-0.2, -0.15) is 0 Å². The first-order valence-electron chi connectivity index (χ1n) is 5.48. The molecule has 0 spiro atoms. The van der Waals surface area contributed by atoms with Crippen molar-refractivity contribution in [1.29, 1.82) is 0 Å². The van der Waals surface area contributed by atoms with Gasteiger partial charge >= 0.3 is 0 Å². The van der Waals surface area contributed by atoms with Crippen LogP contribution in [0.4, 0.5) is 0 Å². The third kappa shape index (κ3) is 3.19. The van der Waals surface area contributed by atoms with Crippen LogP contribution < -0.4 is 5.73 Å². The van der Waals surface area contributed by atoms with Gasteiger partial charge in [0.1, 0.15) is 5.03 Å². The Hall–Kier alpha value is -1.72. The number of nitrogens with two attached hydrogens (primary N) is 1. The van der Waals surface area contributed by atoms with E-state index in [0.717, 1.165) is 10.5 Å². The molecule has 4 nitrogen and oxygen atoms in total. The van der Waals surface area contributed by atoms with Gasteiger partial charge in [0, 0.05) is 16.7 Å². The number of hydrogen-bond donors (Lipinski definition) is 2. The lowest BCUT2D eigenvalue weighted by Gasteiger charge is -2.09. The second kappa shape index (κ2) is 5.95. The minimum atomic E-state index is 0.0644. The van der Waals surface area contributed by atoms with Crippen LogP contribution in [0.5, 0.6) is 0 Å². The number of aromatic nitrogens is 1. The normalized spacial score (nSPS) is 11.6. The molecule has 1 aromatic carbocycles. The van der Waals surface area contributed by atoms with E-state index in [4.69, 9.17) is 22.5 Å². The van der Waals surface area contributed by atoms with Gasteiger partial charge in [-0.1, -0.05) is 34.6 Å². The van der Waals surface area contributed by atoms with Crippen LogP contribution in [0, 0.1) is 6.92 Å². The van der Waals surface area contributed by atoms with Crippen molar-refractivity contribution >= 4 is 29.2 Å². The standard InChI is InChI=1S/C13H12ClN3OS/c1-8-4-5-9(12(15)17-18)11(7-8)19-13-10(14)3-2-6-16-13/h2-7,18H,1H3,(H2,15,17). The Bertz CT molecular complexity index is 631. The summed E-state index contributed by atoms with van der Waals surface area (Å²) in [5, 5.41) is 13.1. The second-order valence-electron chi connectivity index (χ2n) is 3.88. The number of nitrogens with zero attached hydrogens (tertiary/aromatic N) is 2. The fourth-order valence-corrected chi connectivity index (χ4v) is 2.78. The van der Waals surface area contributed by atoms with E-state index < -0.39 is 0 Å². The Morgan fingerprint density at radius 1 is 1.42 bits per heavy atom. The Kier molecular flexibility index (Phi) is 4.29. The molecular weight excluding hydrogens is 282 g/mol. The molecule has 98 valence electrons. The summed E-state index contributed by atoms with van der Waals surface area (Å²) in [4.78, 5) is 5.06. The summed E-state index contributed by atoms with van der Waals surface area (Å²) in [7, 11) is 0. The van der Waals surface area contributed by atoms with Gasteiger partial charge in [-0.25, -0.2) is 4.98 Å². The average Bonchev–Trinajstić information content (AvgIpc) is 2.41. The predicted molar refractivity (Wildman–Crippen MR) is 77.1 cm³/mol. The SMILES string of the molecule is Cc1ccc(C(N)=NO)c(Sc2ncccc2Cl)c1. The van der Waals surface area contributed by atoms with E-state index >= 15 is 0 Å². The van der Waals surface area contributed by atoms with E-state index in [0.29, 0.717) is 15.6 Å². The first-order valence-corrected chi connectivity index (χ1v) is 6.68. The third-order valence-corrected chi connectivity index (χ3v) is 3.95. The number of hydrogen-bond acceptors (Lipinski definition) is 4. The highest BCUT2D eigenvalue weighted by molar-refractivity contribution is 7.99. The summed E-state index contributed by atoms with van der Waals surface area (Å²) >= 11 is 7.47. The van der Waals surface area contributed by atoms with Gasteiger partial charge in [-0.3, -0.25) is 0 Å². The zero-order valence-corrected chi connectivity index (χ0v) is 11.7. The predicted octanol–water partition coefficient (Wildman–Crippen LogP) is 3.29. The molecule has 3 N–H and O–H groups in total. The zero-order chi connectivity index (χ0) is 13.8. The van der Waals surface area contributed by atoms with Crippen molar-refractivity contribution < 1.29 is 5.21 Å². The minimum Gasteiger partial charge on any atom is -0.409 e. The van der Waals surface area contributed by atoms with Crippen LogP contribution in [0.15, 0.2) is 51.6 Å². The number of halogens is 1. The molecule has 0 amide bonds. The summed E-state index contributed by atoms with van der Waals surface area (Å²) in [6.45, 7) is 1.97. The van der Waals surface area contributed by atoms with Gasteiger partial charge in [0.05, 0.1) is 5.02 Å². The Labute approximate surface area is 120 Å². The van der Waals surface area contributed by atoms with Gasteiger partial charge in [0.15, 0.2) is 5.84 Å². The quantitative estimate of drug-likeness (QED) is 0.394. The summed E-state index contributed by atoms with van der Waals surface area (Å²) in [6.07, 6.45) is 1.67. The molecule has 1 aromatic heterocycles. The second-order valence-corrected chi connectivity index (χ2v) is 5.32. The fraction of sp³-hybridized carbons (Fsp3) is 0.0769. The summed E-state index contributed by atoms with van der Waals surface area (Å²) in [6, 6.07) is 9.20. The number of aryl methyl sites for hydroxylation is 1. The summed E-state index contributed by atoms with van der Waals surface area (Å²) in [5.74, 6) is 0.0644. The van der Waals surface area contributed by atoms with E-state index in [2.05, 4.69) is 10.1 Å². The average molecular weight is 294 g/mol. The molecule has 0 fully saturated rings. The number of rotatable bonds is 3. The molecule has 0 atom stereocenters.